The second-order valence-corrected chi connectivity index (χ2v) is 8.82. The largest absolute Gasteiger partial charge is 0.365 e. The Morgan fingerprint density at radius 3 is 2.64 bits per heavy atom. The van der Waals surface area contributed by atoms with Crippen LogP contribution < -0.4 is 10.6 Å². The van der Waals surface area contributed by atoms with Crippen LogP contribution >= 0.6 is 0 Å². The van der Waals surface area contributed by atoms with Crippen molar-refractivity contribution in [3.63, 3.8) is 0 Å². The van der Waals surface area contributed by atoms with Crippen molar-refractivity contribution < 1.29 is 14.3 Å². The highest BCUT2D eigenvalue weighted by Gasteiger charge is 2.77. The maximum Gasteiger partial charge on any atom is 0.231 e. The highest BCUT2D eigenvalue weighted by Crippen LogP contribution is 2.69. The van der Waals surface area contributed by atoms with Crippen molar-refractivity contribution in [1.82, 2.24) is 25.3 Å². The van der Waals surface area contributed by atoms with Crippen molar-refractivity contribution in [3.8, 4) is 0 Å². The van der Waals surface area contributed by atoms with E-state index in [0.29, 0.717) is 25.8 Å². The summed E-state index contributed by atoms with van der Waals surface area (Å²) >= 11 is 0. The van der Waals surface area contributed by atoms with Crippen LogP contribution in [0.4, 0.5) is 0 Å². The van der Waals surface area contributed by atoms with Crippen LogP contribution in [-0.4, -0.2) is 71.4 Å². The van der Waals surface area contributed by atoms with E-state index >= 15 is 0 Å². The third kappa shape index (κ3) is 2.93. The third-order valence-electron chi connectivity index (χ3n) is 6.74. The van der Waals surface area contributed by atoms with Crippen molar-refractivity contribution in [2.75, 3.05) is 33.7 Å². The molecule has 1 spiro atoms. The number of carbonyl (C=O) groups is 2. The number of hydrogen-bond donors (Lipinski definition) is 2. The molecule has 0 radical (unpaired) electrons. The van der Waals surface area contributed by atoms with Gasteiger partial charge in [-0.25, -0.2) is 0 Å². The molecule has 28 heavy (non-hydrogen) atoms. The first kappa shape index (κ1) is 19.4. The quantitative estimate of drug-likeness (QED) is 0.732. The molecule has 0 atom stereocenters. The highest BCUT2D eigenvalue weighted by molar-refractivity contribution is 5.86. The lowest BCUT2D eigenvalue weighted by molar-refractivity contribution is -0.149. The maximum atomic E-state index is 13.1. The summed E-state index contributed by atoms with van der Waals surface area (Å²) in [5.74, 6) is 0.136. The number of nitrogens with one attached hydrogen (secondary N) is 2. The fourth-order valence-electron chi connectivity index (χ4n) is 5.48. The monoisotopic (exact) mass is 389 g/mol. The van der Waals surface area contributed by atoms with Gasteiger partial charge in [-0.3, -0.25) is 14.3 Å². The number of piperidine rings is 1. The number of amides is 2. The minimum atomic E-state index is -0.439. The Morgan fingerprint density at radius 1 is 1.32 bits per heavy atom. The summed E-state index contributed by atoms with van der Waals surface area (Å²) in [5, 5.41) is 10.6. The second kappa shape index (κ2) is 6.84. The van der Waals surface area contributed by atoms with Crippen LogP contribution in [0.3, 0.4) is 0 Å². The summed E-state index contributed by atoms with van der Waals surface area (Å²) in [7, 11) is 3.64. The normalized spacial score (nSPS) is 30.1. The first-order valence-corrected chi connectivity index (χ1v) is 10.2. The molecule has 1 aliphatic carbocycles. The SMILES string of the molecule is CCn1cc(CC(=O)NCC23CC(C(=O)N(C)C)(C2)C2(CCNCC2)O3)cn1. The van der Waals surface area contributed by atoms with Crippen molar-refractivity contribution in [2.45, 2.75) is 56.8 Å². The van der Waals surface area contributed by atoms with Gasteiger partial charge in [-0.1, -0.05) is 0 Å². The molecular formula is C20H31N5O3. The van der Waals surface area contributed by atoms with Gasteiger partial charge in [0.1, 0.15) is 0 Å². The van der Waals surface area contributed by atoms with Gasteiger partial charge in [0.2, 0.25) is 11.8 Å². The van der Waals surface area contributed by atoms with Crippen LogP contribution in [0.15, 0.2) is 12.4 Å². The van der Waals surface area contributed by atoms with Gasteiger partial charge in [0, 0.05) is 33.4 Å². The van der Waals surface area contributed by atoms with Crippen LogP contribution in [0.25, 0.3) is 0 Å². The molecule has 8 nitrogen and oxygen atoms in total. The summed E-state index contributed by atoms with van der Waals surface area (Å²) in [6, 6.07) is 0. The standard InChI is InChI=1S/C20H31N5O3/c1-4-25-11-15(10-23-25)9-16(26)22-14-18-12-19(13-18,17(27)24(2)3)20(28-18)5-7-21-8-6-20/h10-11,21H,4-9,12-14H2,1-3H3,(H,22,26). The minimum absolute atomic E-state index is 0.0312. The molecule has 0 aromatic carbocycles. The molecule has 2 amide bonds. The summed E-state index contributed by atoms with van der Waals surface area (Å²) in [6.07, 6.45) is 7.04. The third-order valence-corrected chi connectivity index (χ3v) is 6.74. The number of aryl methyl sites for hydroxylation is 1. The molecule has 4 fully saturated rings. The molecule has 8 heteroatoms. The molecule has 2 bridgehead atoms. The van der Waals surface area contributed by atoms with E-state index in [2.05, 4.69) is 15.7 Å². The molecule has 4 heterocycles. The van der Waals surface area contributed by atoms with Crippen molar-refractivity contribution in [3.05, 3.63) is 18.0 Å². The lowest BCUT2D eigenvalue weighted by Crippen LogP contribution is -2.61. The molecule has 1 aromatic rings. The van der Waals surface area contributed by atoms with Crippen molar-refractivity contribution in [2.24, 2.45) is 5.41 Å². The van der Waals surface area contributed by atoms with Gasteiger partial charge >= 0.3 is 0 Å². The summed E-state index contributed by atoms with van der Waals surface area (Å²) in [4.78, 5) is 27.2. The van der Waals surface area contributed by atoms with Gasteiger partial charge < -0.3 is 20.3 Å². The predicted octanol–water partition coefficient (Wildman–Crippen LogP) is 0.321. The number of rotatable bonds is 6. The zero-order chi connectivity index (χ0) is 20.0. The van der Waals surface area contributed by atoms with Gasteiger partial charge in [-0.05, 0) is 51.3 Å². The summed E-state index contributed by atoms with van der Waals surface area (Å²) in [6.45, 7) is 5.00. The summed E-state index contributed by atoms with van der Waals surface area (Å²) < 4.78 is 8.44. The van der Waals surface area contributed by atoms with E-state index in [1.807, 2.05) is 31.9 Å². The van der Waals surface area contributed by atoms with Gasteiger partial charge in [0.15, 0.2) is 0 Å². The molecule has 0 unspecified atom stereocenters. The van der Waals surface area contributed by atoms with Crippen molar-refractivity contribution in [1.29, 1.82) is 0 Å². The number of nitrogens with zero attached hydrogens (tertiary/aromatic N) is 3. The minimum Gasteiger partial charge on any atom is -0.365 e. The number of carbonyl (C=O) groups excluding carboxylic acids is 2. The average Bonchev–Trinajstić information content (AvgIpc) is 3.28. The highest BCUT2D eigenvalue weighted by atomic mass is 16.5. The van der Waals surface area contributed by atoms with Gasteiger partial charge in [0.05, 0.1) is 29.2 Å². The van der Waals surface area contributed by atoms with E-state index in [4.69, 9.17) is 4.74 Å². The van der Waals surface area contributed by atoms with E-state index < -0.39 is 16.6 Å². The number of aromatic nitrogens is 2. The molecule has 1 aromatic heterocycles. The smallest absolute Gasteiger partial charge is 0.231 e. The van der Waals surface area contributed by atoms with Crippen LogP contribution in [-0.2, 0) is 27.3 Å². The van der Waals surface area contributed by atoms with Crippen LogP contribution in [0.1, 0.15) is 38.2 Å². The van der Waals surface area contributed by atoms with E-state index in [9.17, 15) is 9.59 Å². The fraction of sp³-hybridized carbons (Fsp3) is 0.750. The molecule has 2 N–H and O–H groups in total. The Kier molecular flexibility index (Phi) is 4.74. The van der Waals surface area contributed by atoms with Crippen molar-refractivity contribution >= 4 is 11.8 Å². The Bertz CT molecular complexity index is 760. The zero-order valence-corrected chi connectivity index (χ0v) is 17.1. The van der Waals surface area contributed by atoms with Gasteiger partial charge in [-0.15, -0.1) is 0 Å². The lowest BCUT2D eigenvalue weighted by atomic mass is 9.53. The lowest BCUT2D eigenvalue weighted by Gasteiger charge is -2.49. The number of hydrogen-bond acceptors (Lipinski definition) is 5. The molecule has 5 rings (SSSR count). The van der Waals surface area contributed by atoms with Crippen LogP contribution in [0, 0.1) is 5.41 Å². The molecule has 1 saturated carbocycles. The average molecular weight is 390 g/mol. The number of ether oxygens (including phenoxy) is 1. The first-order chi connectivity index (χ1) is 13.3. The Morgan fingerprint density at radius 2 is 2.04 bits per heavy atom. The van der Waals surface area contributed by atoms with E-state index in [0.717, 1.165) is 38.0 Å². The molecule has 3 saturated heterocycles. The predicted molar refractivity (Wildman–Crippen MR) is 104 cm³/mol. The topological polar surface area (TPSA) is 88.5 Å². The molecule has 3 aliphatic heterocycles. The zero-order valence-electron chi connectivity index (χ0n) is 17.1. The summed E-state index contributed by atoms with van der Waals surface area (Å²) in [5.41, 5.74) is -0.338. The maximum absolute atomic E-state index is 13.1. The Hall–Kier alpha value is -1.93. The fourth-order valence-corrected chi connectivity index (χ4v) is 5.48. The molecule has 4 aliphatic rings. The van der Waals surface area contributed by atoms with Gasteiger partial charge in [-0.2, -0.15) is 5.10 Å². The van der Waals surface area contributed by atoms with E-state index in [-0.39, 0.29) is 11.8 Å². The van der Waals surface area contributed by atoms with Gasteiger partial charge in [0.25, 0.3) is 0 Å². The van der Waals surface area contributed by atoms with E-state index in [1.165, 1.54) is 0 Å². The molecule has 154 valence electrons. The van der Waals surface area contributed by atoms with E-state index in [1.54, 1.807) is 11.1 Å². The Labute approximate surface area is 166 Å². The van der Waals surface area contributed by atoms with Crippen LogP contribution in [0.2, 0.25) is 0 Å². The Balaban J connectivity index is 1.42. The van der Waals surface area contributed by atoms with Crippen LogP contribution in [0.5, 0.6) is 0 Å². The first-order valence-electron chi connectivity index (χ1n) is 10.2. The molecular weight excluding hydrogens is 358 g/mol. The second-order valence-electron chi connectivity index (χ2n) is 8.82.